The molecule has 0 spiro atoms. The molecule has 3 aliphatic rings. The summed E-state index contributed by atoms with van der Waals surface area (Å²) < 4.78 is 0. The molecule has 23 heavy (non-hydrogen) atoms. The number of rotatable bonds is 2. The Balaban J connectivity index is 1.48. The van der Waals surface area contributed by atoms with Gasteiger partial charge in [-0.3, -0.25) is 4.79 Å². The second-order valence-electron chi connectivity index (χ2n) is 7.44. The quantitative estimate of drug-likeness (QED) is 0.837. The summed E-state index contributed by atoms with van der Waals surface area (Å²) in [6, 6.07) is 0. The Labute approximate surface area is 138 Å². The van der Waals surface area contributed by atoms with Crippen LogP contribution < -0.4 is 0 Å². The number of hydrogen-bond acceptors (Lipinski definition) is 4. The molecule has 2 fully saturated rings. The van der Waals surface area contributed by atoms with Crippen LogP contribution in [0.5, 0.6) is 0 Å². The molecule has 0 radical (unpaired) electrons. The van der Waals surface area contributed by atoms with Crippen molar-refractivity contribution in [3.63, 3.8) is 0 Å². The fourth-order valence-electron chi connectivity index (χ4n) is 3.97. The van der Waals surface area contributed by atoms with Gasteiger partial charge in [0.15, 0.2) is 0 Å². The summed E-state index contributed by atoms with van der Waals surface area (Å²) in [4.78, 5) is 26.4. The van der Waals surface area contributed by atoms with Gasteiger partial charge in [-0.1, -0.05) is 6.42 Å². The van der Waals surface area contributed by atoms with Gasteiger partial charge in [0.2, 0.25) is 5.91 Å². The molecule has 0 bridgehead atoms. The lowest BCUT2D eigenvalue weighted by atomic mass is 9.83. The number of fused-ring (bicyclic) bond motifs is 1. The Kier molecular flexibility index (Phi) is 4.05. The highest BCUT2D eigenvalue weighted by Gasteiger charge is 2.33. The summed E-state index contributed by atoms with van der Waals surface area (Å²) in [5, 5.41) is 0. The monoisotopic (exact) mass is 314 g/mol. The van der Waals surface area contributed by atoms with E-state index < -0.39 is 0 Å². The highest BCUT2D eigenvalue weighted by molar-refractivity contribution is 5.79. The molecule has 1 atom stereocenters. The summed E-state index contributed by atoms with van der Waals surface area (Å²) in [6.07, 6.45) is 8.60. The fourth-order valence-corrected chi connectivity index (χ4v) is 3.97. The molecule has 1 aromatic rings. The van der Waals surface area contributed by atoms with Crippen LogP contribution in [0.1, 0.15) is 55.1 Å². The maximum absolute atomic E-state index is 12.5. The molecule has 1 saturated heterocycles. The number of likely N-dealkylation sites (tertiary alicyclic amines) is 1. The Bertz CT molecular complexity index is 599. The molecular weight excluding hydrogens is 288 g/mol. The normalized spacial score (nSPS) is 25.8. The third-order valence-corrected chi connectivity index (χ3v) is 5.70. The fraction of sp³-hybridized carbons (Fsp3) is 0.722. The molecule has 5 nitrogen and oxygen atoms in total. The average molecular weight is 314 g/mol. The molecule has 0 aromatic carbocycles. The number of piperidine rings is 1. The minimum Gasteiger partial charge on any atom is -0.342 e. The average Bonchev–Trinajstić information content (AvgIpc) is 2.53. The molecular formula is C18H26N4O. The lowest BCUT2D eigenvalue weighted by molar-refractivity contribution is -0.139. The van der Waals surface area contributed by atoms with Gasteiger partial charge in [0, 0.05) is 61.9 Å². The summed E-state index contributed by atoms with van der Waals surface area (Å²) in [6.45, 7) is 3.75. The maximum Gasteiger partial charge on any atom is 0.225 e. The largest absolute Gasteiger partial charge is 0.342 e. The molecule has 1 amide bonds. The van der Waals surface area contributed by atoms with E-state index in [9.17, 15) is 4.79 Å². The van der Waals surface area contributed by atoms with Gasteiger partial charge < -0.3 is 9.80 Å². The number of nitrogens with zero attached hydrogens (tertiary/aromatic N) is 4. The lowest BCUT2D eigenvalue weighted by Gasteiger charge is -2.37. The molecule has 1 aromatic heterocycles. The number of likely N-dealkylation sites (N-methyl/N-ethyl adjacent to an activating group) is 1. The van der Waals surface area contributed by atoms with Crippen LogP contribution in [0.25, 0.3) is 0 Å². The van der Waals surface area contributed by atoms with E-state index in [0.29, 0.717) is 17.7 Å². The predicted octanol–water partition coefficient (Wildman–Crippen LogP) is 1.97. The zero-order chi connectivity index (χ0) is 15.8. The number of hydrogen-bond donors (Lipinski definition) is 0. The molecule has 1 aliphatic carbocycles. The number of carbonyl (C=O) groups is 1. The van der Waals surface area contributed by atoms with Gasteiger partial charge in [0.25, 0.3) is 0 Å². The Morgan fingerprint density at radius 3 is 2.87 bits per heavy atom. The molecule has 2 aliphatic heterocycles. The van der Waals surface area contributed by atoms with E-state index in [-0.39, 0.29) is 0 Å². The van der Waals surface area contributed by atoms with Crippen molar-refractivity contribution in [2.45, 2.75) is 51.0 Å². The summed E-state index contributed by atoms with van der Waals surface area (Å²) in [5.74, 6) is 1.95. The van der Waals surface area contributed by atoms with Crippen molar-refractivity contribution in [2.24, 2.45) is 5.92 Å². The lowest BCUT2D eigenvalue weighted by Crippen LogP contribution is -2.44. The standard InChI is InChI=1S/C18H26N4O/c1-21-9-7-16-15(11-21)10-19-17(20-16)14-6-3-8-22(12-14)18(23)13-4-2-5-13/h10,13-14H,2-9,11-12H2,1H3. The van der Waals surface area contributed by atoms with E-state index in [1.165, 1.54) is 17.7 Å². The van der Waals surface area contributed by atoms with Crippen LogP contribution in [0, 0.1) is 5.92 Å². The minimum atomic E-state index is 0.300. The van der Waals surface area contributed by atoms with Crippen molar-refractivity contribution in [1.29, 1.82) is 0 Å². The summed E-state index contributed by atoms with van der Waals surface area (Å²) in [7, 11) is 2.14. The highest BCUT2D eigenvalue weighted by atomic mass is 16.2. The third-order valence-electron chi connectivity index (χ3n) is 5.70. The van der Waals surface area contributed by atoms with Crippen molar-refractivity contribution < 1.29 is 4.79 Å². The molecule has 124 valence electrons. The smallest absolute Gasteiger partial charge is 0.225 e. The van der Waals surface area contributed by atoms with Gasteiger partial charge in [0.05, 0.1) is 0 Å². The van der Waals surface area contributed by atoms with E-state index in [0.717, 1.165) is 64.1 Å². The number of amides is 1. The maximum atomic E-state index is 12.5. The summed E-state index contributed by atoms with van der Waals surface area (Å²) >= 11 is 0. The van der Waals surface area contributed by atoms with Crippen LogP contribution in [0.15, 0.2) is 6.20 Å². The highest BCUT2D eigenvalue weighted by Crippen LogP contribution is 2.32. The van der Waals surface area contributed by atoms with Gasteiger partial charge in [-0.15, -0.1) is 0 Å². The first-order valence-corrected chi connectivity index (χ1v) is 9.03. The second kappa shape index (κ2) is 6.19. The van der Waals surface area contributed by atoms with E-state index in [4.69, 9.17) is 4.98 Å². The topological polar surface area (TPSA) is 49.3 Å². The predicted molar refractivity (Wildman–Crippen MR) is 88.0 cm³/mol. The van der Waals surface area contributed by atoms with E-state index >= 15 is 0 Å². The van der Waals surface area contributed by atoms with Crippen LogP contribution >= 0.6 is 0 Å². The SMILES string of the molecule is CN1CCc2nc(C3CCCN(C(=O)C4CCC4)C3)ncc2C1. The zero-order valence-electron chi connectivity index (χ0n) is 14.0. The van der Waals surface area contributed by atoms with Crippen molar-refractivity contribution in [3.8, 4) is 0 Å². The first-order chi connectivity index (χ1) is 11.2. The van der Waals surface area contributed by atoms with E-state index in [1.54, 1.807) is 0 Å². The third kappa shape index (κ3) is 2.99. The van der Waals surface area contributed by atoms with Gasteiger partial charge in [-0.25, -0.2) is 9.97 Å². The second-order valence-corrected chi connectivity index (χ2v) is 7.44. The van der Waals surface area contributed by atoms with Gasteiger partial charge in [-0.2, -0.15) is 0 Å². The molecule has 4 rings (SSSR count). The summed E-state index contributed by atoms with van der Waals surface area (Å²) in [5.41, 5.74) is 2.48. The van der Waals surface area contributed by atoms with Crippen LogP contribution in [0.3, 0.4) is 0 Å². The first kappa shape index (κ1) is 15.1. The zero-order valence-corrected chi connectivity index (χ0v) is 14.0. The molecule has 1 saturated carbocycles. The molecule has 3 heterocycles. The van der Waals surface area contributed by atoms with Crippen molar-refractivity contribution in [3.05, 3.63) is 23.3 Å². The van der Waals surface area contributed by atoms with Gasteiger partial charge >= 0.3 is 0 Å². The van der Waals surface area contributed by atoms with E-state index in [2.05, 4.69) is 21.8 Å². The van der Waals surface area contributed by atoms with Crippen molar-refractivity contribution in [1.82, 2.24) is 19.8 Å². The molecule has 1 unspecified atom stereocenters. The van der Waals surface area contributed by atoms with Crippen LogP contribution in [0.2, 0.25) is 0 Å². The molecule has 0 N–H and O–H groups in total. The number of aromatic nitrogens is 2. The van der Waals surface area contributed by atoms with Gasteiger partial charge in [-0.05, 0) is 32.7 Å². The Morgan fingerprint density at radius 1 is 1.22 bits per heavy atom. The Hall–Kier alpha value is -1.49. The van der Waals surface area contributed by atoms with Crippen molar-refractivity contribution >= 4 is 5.91 Å². The Morgan fingerprint density at radius 2 is 2.09 bits per heavy atom. The molecule has 5 heteroatoms. The van der Waals surface area contributed by atoms with Crippen LogP contribution in [-0.4, -0.2) is 52.4 Å². The first-order valence-electron chi connectivity index (χ1n) is 9.03. The number of carbonyl (C=O) groups excluding carboxylic acids is 1. The minimum absolute atomic E-state index is 0.300. The van der Waals surface area contributed by atoms with E-state index in [1.807, 2.05) is 6.20 Å². The van der Waals surface area contributed by atoms with Crippen LogP contribution in [-0.2, 0) is 17.8 Å². The van der Waals surface area contributed by atoms with Gasteiger partial charge in [0.1, 0.15) is 5.82 Å². The van der Waals surface area contributed by atoms with Crippen molar-refractivity contribution in [2.75, 3.05) is 26.7 Å². The van der Waals surface area contributed by atoms with Crippen LogP contribution in [0.4, 0.5) is 0 Å².